The number of amides is 1. The molecule has 4 aromatic rings. The largest absolute Gasteiger partial charge is 0.545 e. The Hall–Kier alpha value is -3.77. The minimum absolute atomic E-state index is 0.0355. The van der Waals surface area contributed by atoms with Gasteiger partial charge in [-0.1, -0.05) is 72.8 Å². The number of nitrogens with zero attached hydrogens (tertiary/aromatic N) is 1. The summed E-state index contributed by atoms with van der Waals surface area (Å²) in [6.45, 7) is 0. The first kappa shape index (κ1) is 18.6. The van der Waals surface area contributed by atoms with Gasteiger partial charge in [-0.05, 0) is 17.2 Å². The van der Waals surface area contributed by atoms with Gasteiger partial charge in [-0.15, -0.1) is 11.3 Å². The third-order valence-electron chi connectivity index (χ3n) is 4.40. The van der Waals surface area contributed by atoms with Gasteiger partial charge in [0.1, 0.15) is 0 Å². The number of carbonyl (C=O) groups excluding carboxylic acids is 2. The van der Waals surface area contributed by atoms with Gasteiger partial charge in [-0.25, -0.2) is 4.98 Å². The summed E-state index contributed by atoms with van der Waals surface area (Å²) in [6.07, 6.45) is 0. The van der Waals surface area contributed by atoms with Crippen LogP contribution in [0.25, 0.3) is 22.4 Å². The molecule has 1 aromatic heterocycles. The molecule has 1 N–H and O–H groups in total. The van der Waals surface area contributed by atoms with Crippen molar-refractivity contribution in [3.05, 3.63) is 95.4 Å². The maximum atomic E-state index is 12.9. The molecule has 0 spiro atoms. The molecule has 142 valence electrons. The minimum Gasteiger partial charge on any atom is -0.545 e. The van der Waals surface area contributed by atoms with E-state index in [1.165, 1.54) is 17.4 Å². The van der Waals surface area contributed by atoms with E-state index in [9.17, 15) is 14.7 Å². The summed E-state index contributed by atoms with van der Waals surface area (Å²) >= 11 is 1.33. The Balaban J connectivity index is 1.65. The Kier molecular flexibility index (Phi) is 5.18. The second-order valence-corrected chi connectivity index (χ2v) is 7.09. The number of anilines is 1. The number of carboxylic acid groups (broad SMARTS) is 1. The molecule has 29 heavy (non-hydrogen) atoms. The van der Waals surface area contributed by atoms with Crippen LogP contribution in [-0.4, -0.2) is 16.9 Å². The third kappa shape index (κ3) is 3.93. The van der Waals surface area contributed by atoms with E-state index in [2.05, 4.69) is 10.3 Å². The maximum Gasteiger partial charge on any atom is 0.258 e. The number of benzene rings is 3. The highest BCUT2D eigenvalue weighted by atomic mass is 32.1. The number of carbonyl (C=O) groups is 2. The van der Waals surface area contributed by atoms with Crippen molar-refractivity contribution in [2.24, 2.45) is 0 Å². The number of hydrogen-bond acceptors (Lipinski definition) is 5. The average Bonchev–Trinajstić information content (AvgIpc) is 3.23. The molecule has 0 fully saturated rings. The predicted molar refractivity (Wildman–Crippen MR) is 112 cm³/mol. The van der Waals surface area contributed by atoms with Crippen LogP contribution in [0.3, 0.4) is 0 Å². The van der Waals surface area contributed by atoms with Crippen LogP contribution < -0.4 is 10.4 Å². The molecule has 0 aliphatic carbocycles. The van der Waals surface area contributed by atoms with E-state index in [1.807, 2.05) is 35.7 Å². The van der Waals surface area contributed by atoms with Crippen LogP contribution in [0.4, 0.5) is 5.13 Å². The van der Waals surface area contributed by atoms with Gasteiger partial charge in [0.15, 0.2) is 5.13 Å². The van der Waals surface area contributed by atoms with Crippen LogP contribution in [0, 0.1) is 0 Å². The number of rotatable bonds is 5. The molecule has 5 nitrogen and oxygen atoms in total. The molecule has 6 heteroatoms. The number of nitrogens with one attached hydrogen (secondary N) is 1. The van der Waals surface area contributed by atoms with Crippen molar-refractivity contribution >= 4 is 28.3 Å². The smallest absolute Gasteiger partial charge is 0.258 e. The first-order valence-electron chi connectivity index (χ1n) is 8.85. The lowest BCUT2D eigenvalue weighted by molar-refractivity contribution is -0.254. The first-order valence-corrected chi connectivity index (χ1v) is 9.73. The van der Waals surface area contributed by atoms with Crippen molar-refractivity contribution in [2.45, 2.75) is 0 Å². The summed E-state index contributed by atoms with van der Waals surface area (Å²) in [7, 11) is 0. The van der Waals surface area contributed by atoms with Gasteiger partial charge < -0.3 is 9.90 Å². The van der Waals surface area contributed by atoms with Gasteiger partial charge in [0.05, 0.1) is 11.7 Å². The standard InChI is InChI=1S/C23H16N2O3S/c26-21(25-23-24-20(14-29-23)15-8-2-1-3-9-15)18-12-6-4-10-16(18)17-11-5-7-13-19(17)22(27)28/h1-14H,(H,27,28)(H,24,25,26)/p-1. The van der Waals surface area contributed by atoms with Crippen LogP contribution >= 0.6 is 11.3 Å². The summed E-state index contributed by atoms with van der Waals surface area (Å²) < 4.78 is 0. The summed E-state index contributed by atoms with van der Waals surface area (Å²) in [5, 5.41) is 16.6. The van der Waals surface area contributed by atoms with E-state index < -0.39 is 5.97 Å². The minimum atomic E-state index is -1.29. The molecular formula is C23H15N2O3S-. The van der Waals surface area contributed by atoms with Crippen LogP contribution in [0.5, 0.6) is 0 Å². The Morgan fingerprint density at radius 2 is 1.38 bits per heavy atom. The first-order chi connectivity index (χ1) is 14.1. The molecular weight excluding hydrogens is 384 g/mol. The van der Waals surface area contributed by atoms with Crippen molar-refractivity contribution < 1.29 is 14.7 Å². The zero-order chi connectivity index (χ0) is 20.2. The lowest BCUT2D eigenvalue weighted by atomic mass is 9.95. The molecule has 0 unspecified atom stereocenters. The number of aromatic nitrogens is 1. The lowest BCUT2D eigenvalue weighted by Gasteiger charge is -2.14. The maximum absolute atomic E-state index is 12.9. The van der Waals surface area contributed by atoms with Crippen molar-refractivity contribution in [2.75, 3.05) is 5.32 Å². The third-order valence-corrected chi connectivity index (χ3v) is 5.16. The average molecular weight is 399 g/mol. The predicted octanol–water partition coefficient (Wildman–Crippen LogP) is 4.09. The van der Waals surface area contributed by atoms with E-state index in [-0.39, 0.29) is 11.5 Å². The fourth-order valence-corrected chi connectivity index (χ4v) is 3.76. The highest BCUT2D eigenvalue weighted by molar-refractivity contribution is 7.14. The fourth-order valence-electron chi connectivity index (χ4n) is 3.05. The monoisotopic (exact) mass is 399 g/mol. The molecule has 0 atom stereocenters. The molecule has 0 saturated carbocycles. The zero-order valence-corrected chi connectivity index (χ0v) is 16.0. The topological polar surface area (TPSA) is 82.1 Å². The van der Waals surface area contributed by atoms with Gasteiger partial charge >= 0.3 is 0 Å². The highest BCUT2D eigenvalue weighted by Gasteiger charge is 2.16. The van der Waals surface area contributed by atoms with Crippen LogP contribution in [-0.2, 0) is 0 Å². The second kappa shape index (κ2) is 8.08. The number of aromatic carboxylic acids is 1. The van der Waals surface area contributed by atoms with Gasteiger partial charge in [-0.2, -0.15) is 0 Å². The second-order valence-electron chi connectivity index (χ2n) is 6.24. The van der Waals surface area contributed by atoms with E-state index >= 15 is 0 Å². The Labute approximate surface area is 171 Å². The molecule has 0 saturated heterocycles. The van der Waals surface area contributed by atoms with E-state index in [1.54, 1.807) is 42.5 Å². The van der Waals surface area contributed by atoms with Crippen molar-refractivity contribution in [1.29, 1.82) is 0 Å². The molecule has 1 amide bonds. The van der Waals surface area contributed by atoms with Crippen LogP contribution in [0.2, 0.25) is 0 Å². The quantitative estimate of drug-likeness (QED) is 0.548. The molecule has 4 rings (SSSR count). The van der Waals surface area contributed by atoms with Gasteiger partial charge in [0.2, 0.25) is 0 Å². The van der Waals surface area contributed by atoms with Crippen LogP contribution in [0.15, 0.2) is 84.2 Å². The normalized spacial score (nSPS) is 10.5. The Morgan fingerprint density at radius 1 is 0.793 bits per heavy atom. The number of carboxylic acids is 1. The molecule has 1 heterocycles. The summed E-state index contributed by atoms with van der Waals surface area (Å²) in [5.74, 6) is -1.65. The van der Waals surface area contributed by atoms with Gasteiger partial charge in [0.25, 0.3) is 5.91 Å². The number of hydrogen-bond donors (Lipinski definition) is 1. The van der Waals surface area contributed by atoms with E-state index in [0.29, 0.717) is 21.8 Å². The molecule has 0 bridgehead atoms. The lowest BCUT2D eigenvalue weighted by Crippen LogP contribution is -2.23. The molecule has 3 aromatic carbocycles. The van der Waals surface area contributed by atoms with Crippen molar-refractivity contribution in [3.63, 3.8) is 0 Å². The summed E-state index contributed by atoms with van der Waals surface area (Å²) in [5.41, 5.74) is 3.09. The molecule has 0 aliphatic heterocycles. The molecule has 0 radical (unpaired) electrons. The van der Waals surface area contributed by atoms with Gasteiger partial charge in [0, 0.05) is 22.1 Å². The summed E-state index contributed by atoms with van der Waals surface area (Å²) in [6, 6.07) is 23.0. The van der Waals surface area contributed by atoms with Gasteiger partial charge in [-0.3, -0.25) is 10.1 Å². The zero-order valence-electron chi connectivity index (χ0n) is 15.2. The highest BCUT2D eigenvalue weighted by Crippen LogP contribution is 2.29. The Morgan fingerprint density at radius 3 is 2.07 bits per heavy atom. The van der Waals surface area contributed by atoms with Crippen molar-refractivity contribution in [1.82, 2.24) is 4.98 Å². The van der Waals surface area contributed by atoms with Crippen LogP contribution in [0.1, 0.15) is 20.7 Å². The SMILES string of the molecule is O=C([O-])c1ccccc1-c1ccccc1C(=O)Nc1nc(-c2ccccc2)cs1. The van der Waals surface area contributed by atoms with E-state index in [4.69, 9.17) is 0 Å². The van der Waals surface area contributed by atoms with Crippen molar-refractivity contribution in [3.8, 4) is 22.4 Å². The molecule has 0 aliphatic rings. The summed E-state index contributed by atoms with van der Waals surface area (Å²) in [4.78, 5) is 28.9. The van der Waals surface area contributed by atoms with E-state index in [0.717, 1.165) is 11.3 Å². The number of thiazole rings is 1. The Bertz CT molecular complexity index is 1190. The fraction of sp³-hybridized carbons (Fsp3) is 0.